The topological polar surface area (TPSA) is 35.9 Å². The van der Waals surface area contributed by atoms with Crippen molar-refractivity contribution in [1.29, 1.82) is 0 Å². The molecular weight excluding hydrogens is 976 g/mol. The van der Waals surface area contributed by atoms with Gasteiger partial charge in [-0.3, -0.25) is 4.57 Å². The van der Waals surface area contributed by atoms with Crippen LogP contribution in [0.1, 0.15) is 49.7 Å². The van der Waals surface area contributed by atoms with Gasteiger partial charge in [-0.05, 0) is 86.0 Å². The molecule has 0 unspecified atom stereocenters. The van der Waals surface area contributed by atoms with Crippen LogP contribution in [0.25, 0.3) is 83.4 Å². The van der Waals surface area contributed by atoms with Crippen LogP contribution in [0.15, 0.2) is 194 Å². The van der Waals surface area contributed by atoms with Crippen LogP contribution in [-0.4, -0.2) is 14.1 Å². The number of imidazole rings is 1. The molecular formula is C59H44N4OPt-2. The third kappa shape index (κ3) is 7.66. The fraction of sp³-hybridized carbons (Fsp3) is 0.0847. The fourth-order valence-electron chi connectivity index (χ4n) is 8.24. The van der Waals surface area contributed by atoms with E-state index < -0.39 is 67.3 Å². The first kappa shape index (κ1) is 29.2. The number of aryl methyl sites for hydroxylation is 1. The van der Waals surface area contributed by atoms with E-state index >= 15 is 0 Å². The number of nitrogens with zero attached hydrogens (tertiary/aromatic N) is 4. The van der Waals surface area contributed by atoms with Crippen LogP contribution >= 0.6 is 0 Å². The molecule has 3 heterocycles. The van der Waals surface area contributed by atoms with E-state index in [1.165, 1.54) is 33.4 Å². The first-order valence-corrected chi connectivity index (χ1v) is 20.6. The van der Waals surface area contributed by atoms with Crippen LogP contribution in [0, 0.1) is 25.3 Å². The van der Waals surface area contributed by atoms with Gasteiger partial charge < -0.3 is 13.9 Å². The molecule has 3 aromatic heterocycles. The van der Waals surface area contributed by atoms with Crippen molar-refractivity contribution in [2.75, 3.05) is 0 Å². The molecule has 0 amide bonds. The summed E-state index contributed by atoms with van der Waals surface area (Å²) in [4.78, 5) is 4.86. The summed E-state index contributed by atoms with van der Waals surface area (Å²) in [6.07, 6.45) is 5.08. The maximum absolute atomic E-state index is 9.08. The Bertz CT molecular complexity index is 4100. The quantitative estimate of drug-likeness (QED) is 0.112. The normalized spacial score (nSPS) is 14.6. The van der Waals surface area contributed by atoms with E-state index in [4.69, 9.17) is 27.5 Å². The second-order valence-corrected chi connectivity index (χ2v) is 16.3. The van der Waals surface area contributed by atoms with Crippen molar-refractivity contribution in [2.24, 2.45) is 0 Å². The number of rotatable bonds is 8. The Morgan fingerprint density at radius 2 is 1.34 bits per heavy atom. The van der Waals surface area contributed by atoms with Gasteiger partial charge in [0.2, 0.25) is 0 Å². The summed E-state index contributed by atoms with van der Waals surface area (Å²) in [6, 6.07) is 39.2. The minimum absolute atomic E-state index is 0. The molecule has 0 spiro atoms. The Morgan fingerprint density at radius 3 is 2.06 bits per heavy atom. The summed E-state index contributed by atoms with van der Waals surface area (Å²) >= 11 is 0. The summed E-state index contributed by atoms with van der Waals surface area (Å²) in [5.41, 5.74) is 4.43. The molecule has 0 saturated carbocycles. The van der Waals surface area contributed by atoms with Crippen LogP contribution in [0.2, 0.25) is 0 Å². The summed E-state index contributed by atoms with van der Waals surface area (Å²) in [7, 11) is 0. The van der Waals surface area contributed by atoms with Gasteiger partial charge in [0, 0.05) is 48.4 Å². The van der Waals surface area contributed by atoms with Gasteiger partial charge in [-0.15, -0.1) is 29.7 Å². The van der Waals surface area contributed by atoms with Crippen LogP contribution in [0.5, 0.6) is 11.5 Å². The molecule has 11 rings (SSSR count). The van der Waals surface area contributed by atoms with Crippen LogP contribution in [0.3, 0.4) is 0 Å². The van der Waals surface area contributed by atoms with Crippen molar-refractivity contribution in [1.82, 2.24) is 14.1 Å². The van der Waals surface area contributed by atoms with Gasteiger partial charge in [0.15, 0.2) is 0 Å². The minimum Gasteiger partial charge on any atom is -0.510 e. The number of para-hydroxylation sites is 2. The van der Waals surface area contributed by atoms with Crippen LogP contribution in [0.4, 0.5) is 0 Å². The average molecular weight is 1030 g/mol. The second kappa shape index (κ2) is 17.0. The summed E-state index contributed by atoms with van der Waals surface area (Å²) in [6.45, 7) is 3.68. The van der Waals surface area contributed by atoms with Crippen LogP contribution < -0.4 is 9.30 Å². The van der Waals surface area contributed by atoms with Crippen molar-refractivity contribution in [2.45, 2.75) is 33.0 Å². The number of fused-ring (bicyclic) bond motifs is 4. The molecule has 0 atom stereocenters. The predicted molar refractivity (Wildman–Crippen MR) is 260 cm³/mol. The van der Waals surface area contributed by atoms with E-state index in [2.05, 4.69) is 80.2 Å². The maximum atomic E-state index is 9.08. The van der Waals surface area contributed by atoms with Crippen molar-refractivity contribution in [3.8, 4) is 62.1 Å². The SMILES string of the molecule is [2H]c1c([2H])c([2H])c(-c2cccc(-c3c([2H])c([2H])c([2H])c([2H])c3[2H])c2-[n+]2[c-]n(-c3[c-]c(Oc4[c-]c5c(cc4)c4cc(-c6ccccc6)ccc4n5-c4cc(C(C)(C)C)ccn4)ccc3)c3cccc(C([2H])([2H])[2H])c32)c([2H])c1[2H].[Pt]. The number of hydrogen-bond acceptors (Lipinski definition) is 2. The molecule has 0 aliphatic rings. The maximum Gasteiger partial charge on any atom is 0.268 e. The van der Waals surface area contributed by atoms with Gasteiger partial charge in [-0.1, -0.05) is 166 Å². The predicted octanol–water partition coefficient (Wildman–Crippen LogP) is 14.2. The fourth-order valence-corrected chi connectivity index (χ4v) is 8.24. The van der Waals surface area contributed by atoms with Crippen molar-refractivity contribution in [3.05, 3.63) is 224 Å². The van der Waals surface area contributed by atoms with E-state index in [1.54, 1.807) is 30.3 Å². The molecule has 318 valence electrons. The van der Waals surface area contributed by atoms with Crippen molar-refractivity contribution in [3.63, 3.8) is 0 Å². The molecule has 65 heavy (non-hydrogen) atoms. The second-order valence-electron chi connectivity index (χ2n) is 16.3. The third-order valence-corrected chi connectivity index (χ3v) is 11.3. The molecule has 0 fully saturated rings. The first-order chi connectivity index (χ1) is 36.6. The van der Waals surface area contributed by atoms with Gasteiger partial charge in [0.25, 0.3) is 6.33 Å². The largest absolute Gasteiger partial charge is 0.510 e. The van der Waals surface area contributed by atoms with E-state index in [-0.39, 0.29) is 76.8 Å². The Morgan fingerprint density at radius 1 is 0.631 bits per heavy atom. The number of hydrogen-bond donors (Lipinski definition) is 0. The van der Waals surface area contributed by atoms with E-state index in [9.17, 15) is 0 Å². The van der Waals surface area contributed by atoms with Gasteiger partial charge in [0.05, 0.1) is 30.4 Å². The molecule has 0 radical (unpaired) electrons. The molecule has 6 heteroatoms. The molecule has 8 aromatic carbocycles. The van der Waals surface area contributed by atoms with Crippen LogP contribution in [-0.2, 0) is 26.5 Å². The third-order valence-electron chi connectivity index (χ3n) is 11.3. The van der Waals surface area contributed by atoms with Crippen molar-refractivity contribution >= 4 is 32.8 Å². The number of pyridine rings is 1. The molecule has 0 N–H and O–H groups in total. The van der Waals surface area contributed by atoms with E-state index in [0.717, 1.165) is 33.0 Å². The van der Waals surface area contributed by atoms with E-state index in [1.807, 2.05) is 42.6 Å². The average Bonchev–Trinajstić information content (AvgIpc) is 4.01. The van der Waals surface area contributed by atoms with E-state index in [0.29, 0.717) is 22.8 Å². The first-order valence-electron chi connectivity index (χ1n) is 27.1. The van der Waals surface area contributed by atoms with Gasteiger partial charge in [0.1, 0.15) is 5.82 Å². The summed E-state index contributed by atoms with van der Waals surface area (Å²) in [5, 5.41) is 1.91. The molecule has 0 aliphatic carbocycles. The standard InChI is InChI=1S/C59H44N4O.Pt/c1-40-17-14-28-54-57(40)62(58-49(42-20-10-6-11-21-42)26-16-27-50(58)43-22-12-7-13-23-43)39-61(54)46-24-15-25-47(37-46)64-48-30-31-51-52-35-44(41-18-8-5-9-19-41)29-32-53(52)63(55(51)38-48)56-36-45(33-34-60-56)59(2,3)4;/h5-36H,1-4H3;/q-2;/i1D3,6D,7D,10D,11D,12D,13D,20D,21D,22D,23D;. The Hall–Kier alpha value is -7.33. The molecule has 11 aromatic rings. The number of aromatic nitrogens is 4. The zero-order valence-corrected chi connectivity index (χ0v) is 37.5. The zero-order valence-electron chi connectivity index (χ0n) is 48.2. The smallest absolute Gasteiger partial charge is 0.268 e. The Labute approximate surface area is 412 Å². The summed E-state index contributed by atoms with van der Waals surface area (Å²) < 4.78 is 125. The monoisotopic (exact) mass is 1030 g/mol. The minimum atomic E-state index is -2.78. The van der Waals surface area contributed by atoms with Crippen molar-refractivity contribution < 1.29 is 48.2 Å². The number of ether oxygens (including phenoxy) is 1. The number of benzene rings is 8. The Balaban J connectivity index is 0.00000688. The molecule has 5 nitrogen and oxygen atoms in total. The molecule has 0 aliphatic heterocycles. The molecule has 0 bridgehead atoms. The summed E-state index contributed by atoms with van der Waals surface area (Å²) in [5.74, 6) is 1.30. The zero-order chi connectivity index (χ0) is 54.6. The van der Waals surface area contributed by atoms with Gasteiger partial charge in [-0.2, -0.15) is 18.2 Å². The van der Waals surface area contributed by atoms with Gasteiger partial charge >= 0.3 is 0 Å². The van der Waals surface area contributed by atoms with Gasteiger partial charge in [-0.25, -0.2) is 4.98 Å². The Kier molecular flexibility index (Phi) is 7.63. The molecule has 0 saturated heterocycles.